The minimum absolute atomic E-state index is 0.0911. The van der Waals surface area contributed by atoms with Gasteiger partial charge in [0.25, 0.3) is 0 Å². The van der Waals surface area contributed by atoms with E-state index in [-0.39, 0.29) is 39.5 Å². The van der Waals surface area contributed by atoms with Gasteiger partial charge in [-0.15, -0.1) is 0 Å². The van der Waals surface area contributed by atoms with Gasteiger partial charge in [0.05, 0.1) is 26.4 Å². The van der Waals surface area contributed by atoms with Gasteiger partial charge in [-0.05, 0) is 63.8 Å². The number of carboxylic acids is 1. The van der Waals surface area contributed by atoms with E-state index in [4.69, 9.17) is 34.2 Å². The van der Waals surface area contributed by atoms with Crippen LogP contribution in [0.5, 0.6) is 0 Å². The Balaban J connectivity index is 0.000000395. The van der Waals surface area contributed by atoms with Crippen LogP contribution >= 0.6 is 0 Å². The largest absolute Gasteiger partial charge is 0.479 e. The number of alkyl carbamates (subject to hydrolysis) is 4. The summed E-state index contributed by atoms with van der Waals surface area (Å²) >= 11 is 0. The van der Waals surface area contributed by atoms with E-state index in [0.29, 0.717) is 37.4 Å². The van der Waals surface area contributed by atoms with E-state index in [1.165, 1.54) is 0 Å². The lowest BCUT2D eigenvalue weighted by Crippen LogP contribution is -2.41. The topological polar surface area (TPSA) is 264 Å². The number of carbonyl (C=O) groups excluding carboxylic acids is 5. The zero-order valence-corrected chi connectivity index (χ0v) is 40.2. The molecule has 0 saturated carbocycles. The summed E-state index contributed by atoms with van der Waals surface area (Å²) in [6.45, 7) is 13.9. The SMILES string of the molecule is CC(C)(C)OC(=O)NCCOCCN.CC(C)(C)OC(=O)NCCOCCNC(=O)[C@@H](NC(=O)OCc1ccccc1)c1ccccc1.O=C(N[C@H](C(=O)O)c1ccccc1)OCc1ccccc1. The normalized spacial score (nSPS) is 11.5. The number of ether oxygens (including phenoxy) is 6. The molecule has 4 aromatic carbocycles. The fourth-order valence-electron chi connectivity index (χ4n) is 5.36. The molecular formula is C50H68N6O13. The average molecular weight is 961 g/mol. The monoisotopic (exact) mass is 960 g/mol. The summed E-state index contributed by atoms with van der Waals surface area (Å²) in [5, 5.41) is 22.1. The highest BCUT2D eigenvalue weighted by molar-refractivity contribution is 5.87. The summed E-state index contributed by atoms with van der Waals surface area (Å²) in [6.07, 6.45) is -2.40. The summed E-state index contributed by atoms with van der Waals surface area (Å²) in [6, 6.07) is 33.8. The summed E-state index contributed by atoms with van der Waals surface area (Å²) in [5.74, 6) is -1.53. The van der Waals surface area contributed by atoms with Crippen LogP contribution in [0.15, 0.2) is 121 Å². The van der Waals surface area contributed by atoms with Crippen LogP contribution in [-0.4, -0.2) is 105 Å². The maximum absolute atomic E-state index is 12.8. The Labute approximate surface area is 404 Å². The van der Waals surface area contributed by atoms with E-state index >= 15 is 0 Å². The number of hydrogen-bond acceptors (Lipinski definition) is 13. The molecule has 19 nitrogen and oxygen atoms in total. The average Bonchev–Trinajstić information content (AvgIpc) is 3.31. The predicted molar refractivity (Wildman–Crippen MR) is 258 cm³/mol. The van der Waals surface area contributed by atoms with Gasteiger partial charge < -0.3 is 65.8 Å². The molecular weight excluding hydrogens is 893 g/mol. The van der Waals surface area contributed by atoms with Crippen LogP contribution in [-0.2, 0) is 51.2 Å². The second-order valence-corrected chi connectivity index (χ2v) is 16.6. The standard InChI is InChI=1S/C25H33N3O6.C16H15NO4.C9H20N2O3/c1-25(2,3)34-23(30)27-15-17-32-16-14-26-22(29)21(20-12-8-5-9-13-20)28-24(31)33-18-19-10-6-4-7-11-19;18-15(19)14(13-9-5-2-6-10-13)17-16(20)21-11-12-7-3-1-4-8-12;1-9(2,3)14-8(12)11-5-7-13-6-4-10/h4-13,21H,14-18H2,1-3H3,(H,26,29)(H,27,30)(H,28,31);1-10,14H,11H2,(H,17,20)(H,18,19);4-7,10H2,1-3H3,(H,11,12)/t21-;14-;/m00./s1. The van der Waals surface area contributed by atoms with Crippen LogP contribution in [0.25, 0.3) is 0 Å². The minimum atomic E-state index is -1.14. The quantitative estimate of drug-likeness (QED) is 0.0346. The molecule has 5 amide bonds. The van der Waals surface area contributed by atoms with Crippen molar-refractivity contribution in [2.75, 3.05) is 52.6 Å². The molecule has 8 N–H and O–H groups in total. The molecule has 0 aliphatic heterocycles. The Morgan fingerprint density at radius 1 is 0.493 bits per heavy atom. The molecule has 376 valence electrons. The van der Waals surface area contributed by atoms with Crippen molar-refractivity contribution in [1.82, 2.24) is 26.6 Å². The first kappa shape index (κ1) is 57.9. The van der Waals surface area contributed by atoms with Gasteiger partial charge in [-0.1, -0.05) is 121 Å². The van der Waals surface area contributed by atoms with Crippen molar-refractivity contribution in [3.63, 3.8) is 0 Å². The van der Waals surface area contributed by atoms with Gasteiger partial charge >= 0.3 is 30.3 Å². The molecule has 0 fully saturated rings. The number of nitrogens with one attached hydrogen (secondary N) is 5. The zero-order chi connectivity index (χ0) is 50.9. The van der Waals surface area contributed by atoms with Gasteiger partial charge in [0.15, 0.2) is 6.04 Å². The number of rotatable bonds is 21. The molecule has 0 radical (unpaired) electrons. The predicted octanol–water partition coefficient (Wildman–Crippen LogP) is 6.54. The van der Waals surface area contributed by atoms with Crippen molar-refractivity contribution in [2.45, 2.75) is 78.0 Å². The van der Waals surface area contributed by atoms with E-state index in [1.807, 2.05) is 87.5 Å². The Bertz CT molecular complexity index is 2090. The fraction of sp³-hybridized carbons (Fsp3) is 0.400. The molecule has 0 aromatic heterocycles. The molecule has 0 spiro atoms. The highest BCUT2D eigenvalue weighted by Crippen LogP contribution is 2.15. The lowest BCUT2D eigenvalue weighted by molar-refractivity contribution is -0.139. The maximum atomic E-state index is 12.8. The number of carbonyl (C=O) groups is 6. The lowest BCUT2D eigenvalue weighted by Gasteiger charge is -2.20. The molecule has 4 rings (SSSR count). The van der Waals surface area contributed by atoms with Crippen LogP contribution in [0, 0.1) is 0 Å². The third-order valence-electron chi connectivity index (χ3n) is 8.36. The molecule has 0 bridgehead atoms. The van der Waals surface area contributed by atoms with Crippen molar-refractivity contribution < 1.29 is 62.3 Å². The molecule has 0 heterocycles. The second-order valence-electron chi connectivity index (χ2n) is 16.6. The van der Waals surface area contributed by atoms with Crippen molar-refractivity contribution in [1.29, 1.82) is 0 Å². The number of carboxylic acid groups (broad SMARTS) is 1. The third-order valence-corrected chi connectivity index (χ3v) is 8.36. The number of nitrogens with two attached hydrogens (primary N) is 1. The van der Waals surface area contributed by atoms with Crippen LogP contribution in [0.1, 0.15) is 75.9 Å². The molecule has 0 saturated heterocycles. The highest BCUT2D eigenvalue weighted by Gasteiger charge is 2.24. The summed E-state index contributed by atoms with van der Waals surface area (Å²) < 4.78 is 30.9. The molecule has 69 heavy (non-hydrogen) atoms. The van der Waals surface area contributed by atoms with E-state index in [0.717, 1.165) is 11.1 Å². The van der Waals surface area contributed by atoms with Crippen LogP contribution in [0.4, 0.5) is 19.2 Å². The van der Waals surface area contributed by atoms with Crippen molar-refractivity contribution in [3.8, 4) is 0 Å². The van der Waals surface area contributed by atoms with Gasteiger partial charge in [-0.3, -0.25) is 4.79 Å². The van der Waals surface area contributed by atoms with Crippen LogP contribution in [0.3, 0.4) is 0 Å². The lowest BCUT2D eigenvalue weighted by atomic mass is 10.1. The highest BCUT2D eigenvalue weighted by atomic mass is 16.6. The fourth-order valence-corrected chi connectivity index (χ4v) is 5.36. The number of benzene rings is 4. The van der Waals surface area contributed by atoms with Gasteiger partial charge in [-0.2, -0.15) is 0 Å². The first-order valence-corrected chi connectivity index (χ1v) is 22.2. The van der Waals surface area contributed by atoms with Gasteiger partial charge in [-0.25, -0.2) is 24.0 Å². The van der Waals surface area contributed by atoms with E-state index in [2.05, 4.69) is 26.6 Å². The van der Waals surface area contributed by atoms with Crippen molar-refractivity contribution in [3.05, 3.63) is 144 Å². The van der Waals surface area contributed by atoms with Crippen molar-refractivity contribution >= 4 is 36.2 Å². The first-order valence-electron chi connectivity index (χ1n) is 22.2. The Hall–Kier alpha value is -7.22. The second kappa shape index (κ2) is 32.5. The maximum Gasteiger partial charge on any atom is 0.408 e. The summed E-state index contributed by atoms with van der Waals surface area (Å²) in [4.78, 5) is 70.7. The smallest absolute Gasteiger partial charge is 0.408 e. The molecule has 0 unspecified atom stereocenters. The van der Waals surface area contributed by atoms with Gasteiger partial charge in [0.1, 0.15) is 30.5 Å². The van der Waals surface area contributed by atoms with E-state index < -0.39 is 59.5 Å². The zero-order valence-electron chi connectivity index (χ0n) is 40.2. The first-order chi connectivity index (χ1) is 32.9. The van der Waals surface area contributed by atoms with Crippen LogP contribution < -0.4 is 32.3 Å². The van der Waals surface area contributed by atoms with E-state index in [9.17, 15) is 33.9 Å². The van der Waals surface area contributed by atoms with Crippen LogP contribution in [0.2, 0.25) is 0 Å². The number of aliphatic carboxylic acids is 1. The number of amides is 5. The minimum Gasteiger partial charge on any atom is -0.479 e. The summed E-state index contributed by atoms with van der Waals surface area (Å²) in [5.41, 5.74) is 6.99. The third kappa shape index (κ3) is 28.5. The summed E-state index contributed by atoms with van der Waals surface area (Å²) in [7, 11) is 0. The Morgan fingerprint density at radius 2 is 0.841 bits per heavy atom. The molecule has 0 aliphatic rings. The van der Waals surface area contributed by atoms with Crippen molar-refractivity contribution in [2.24, 2.45) is 5.73 Å². The Kier molecular flexibility index (Phi) is 27.3. The molecule has 19 heteroatoms. The Morgan fingerprint density at radius 3 is 1.22 bits per heavy atom. The molecule has 0 aliphatic carbocycles. The molecule has 4 aromatic rings. The van der Waals surface area contributed by atoms with E-state index in [1.54, 1.807) is 75.4 Å². The molecule has 2 atom stereocenters. The number of hydrogen-bond donors (Lipinski definition) is 7. The van der Waals surface area contributed by atoms with Gasteiger partial charge in [0.2, 0.25) is 5.91 Å². The van der Waals surface area contributed by atoms with Gasteiger partial charge in [0, 0.05) is 26.2 Å².